The highest BCUT2D eigenvalue weighted by atomic mass is 32.2. The third-order valence-corrected chi connectivity index (χ3v) is 4.15. The molecule has 7 heteroatoms. The van der Waals surface area contributed by atoms with Crippen LogP contribution in [-0.4, -0.2) is 33.0 Å². The fraction of sp³-hybridized carbons (Fsp3) is 0.353. The number of hydrogen-bond acceptors (Lipinski definition) is 5. The number of aryl methyl sites for hydroxylation is 1. The Morgan fingerprint density at radius 1 is 1.42 bits per heavy atom. The van der Waals surface area contributed by atoms with Gasteiger partial charge >= 0.3 is 0 Å². The molecular weight excluding hydrogens is 324 g/mol. The molecule has 128 valence electrons. The quantitative estimate of drug-likeness (QED) is 0.558. The number of allylic oxidation sites excluding steroid dienone is 1. The van der Waals surface area contributed by atoms with E-state index in [1.165, 1.54) is 11.8 Å². The highest BCUT2D eigenvalue weighted by molar-refractivity contribution is 7.99. The number of amides is 1. The number of hydrogen-bond donors (Lipinski definition) is 1. The SMILES string of the molecule is C=CCn1c(CC)nnc1SCC(=O)Nc1cccc(OCC)c1. The average molecular weight is 346 g/mol. The van der Waals surface area contributed by atoms with Crippen molar-refractivity contribution >= 4 is 23.4 Å². The lowest BCUT2D eigenvalue weighted by atomic mass is 10.3. The van der Waals surface area contributed by atoms with Crippen molar-refractivity contribution in [2.24, 2.45) is 0 Å². The number of thioether (sulfide) groups is 1. The van der Waals surface area contributed by atoms with Crippen molar-refractivity contribution in [2.45, 2.75) is 32.0 Å². The van der Waals surface area contributed by atoms with E-state index in [0.29, 0.717) is 18.8 Å². The highest BCUT2D eigenvalue weighted by Gasteiger charge is 2.12. The molecule has 0 bridgehead atoms. The summed E-state index contributed by atoms with van der Waals surface area (Å²) in [6.07, 6.45) is 2.59. The summed E-state index contributed by atoms with van der Waals surface area (Å²) in [6, 6.07) is 7.35. The van der Waals surface area contributed by atoms with Crippen LogP contribution < -0.4 is 10.1 Å². The van der Waals surface area contributed by atoms with Gasteiger partial charge in [0, 0.05) is 24.7 Å². The molecule has 1 heterocycles. The number of aromatic nitrogens is 3. The molecule has 0 aliphatic carbocycles. The molecule has 1 aromatic heterocycles. The molecule has 0 atom stereocenters. The molecule has 2 aromatic rings. The summed E-state index contributed by atoms with van der Waals surface area (Å²) in [7, 11) is 0. The van der Waals surface area contributed by atoms with Crippen molar-refractivity contribution < 1.29 is 9.53 Å². The maximum absolute atomic E-state index is 12.2. The fourth-order valence-corrected chi connectivity index (χ4v) is 2.92. The van der Waals surface area contributed by atoms with Crippen molar-refractivity contribution in [1.29, 1.82) is 0 Å². The van der Waals surface area contributed by atoms with Crippen LogP contribution in [0.4, 0.5) is 5.69 Å². The van der Waals surface area contributed by atoms with Gasteiger partial charge in [-0.25, -0.2) is 0 Å². The van der Waals surface area contributed by atoms with E-state index in [9.17, 15) is 4.79 Å². The minimum atomic E-state index is -0.0974. The zero-order valence-corrected chi connectivity index (χ0v) is 14.8. The summed E-state index contributed by atoms with van der Waals surface area (Å²) in [5.41, 5.74) is 0.716. The van der Waals surface area contributed by atoms with E-state index in [1.807, 2.05) is 42.7 Å². The van der Waals surface area contributed by atoms with Gasteiger partial charge in [0.2, 0.25) is 5.91 Å². The lowest BCUT2D eigenvalue weighted by Gasteiger charge is -2.08. The lowest BCUT2D eigenvalue weighted by molar-refractivity contribution is -0.113. The molecule has 1 aromatic carbocycles. The topological polar surface area (TPSA) is 69.0 Å². The Balaban J connectivity index is 1.95. The first kappa shape index (κ1) is 18.1. The van der Waals surface area contributed by atoms with E-state index in [2.05, 4.69) is 22.1 Å². The van der Waals surface area contributed by atoms with Gasteiger partial charge in [-0.15, -0.1) is 16.8 Å². The monoisotopic (exact) mass is 346 g/mol. The number of nitrogens with one attached hydrogen (secondary N) is 1. The maximum Gasteiger partial charge on any atom is 0.234 e. The summed E-state index contributed by atoms with van der Waals surface area (Å²) >= 11 is 1.36. The van der Waals surface area contributed by atoms with Crippen molar-refractivity contribution in [1.82, 2.24) is 14.8 Å². The molecule has 0 radical (unpaired) electrons. The van der Waals surface area contributed by atoms with Gasteiger partial charge in [0.05, 0.1) is 12.4 Å². The summed E-state index contributed by atoms with van der Waals surface area (Å²) in [4.78, 5) is 12.2. The van der Waals surface area contributed by atoms with Gasteiger partial charge in [-0.1, -0.05) is 30.8 Å². The molecule has 0 aliphatic heterocycles. The van der Waals surface area contributed by atoms with Crippen LogP contribution in [0.15, 0.2) is 42.1 Å². The molecular formula is C17H22N4O2S. The fourth-order valence-electron chi connectivity index (χ4n) is 2.16. The molecule has 24 heavy (non-hydrogen) atoms. The van der Waals surface area contributed by atoms with Crippen LogP contribution >= 0.6 is 11.8 Å². The minimum Gasteiger partial charge on any atom is -0.494 e. The maximum atomic E-state index is 12.2. The van der Waals surface area contributed by atoms with Gasteiger partial charge < -0.3 is 14.6 Å². The summed E-state index contributed by atoms with van der Waals surface area (Å²) in [5, 5.41) is 11.9. The molecule has 0 fully saturated rings. The van der Waals surface area contributed by atoms with Crippen LogP contribution in [0.1, 0.15) is 19.7 Å². The third kappa shape index (κ3) is 4.86. The molecule has 0 unspecified atom stereocenters. The second kappa shape index (κ2) is 9.12. The Hall–Kier alpha value is -2.28. The lowest BCUT2D eigenvalue weighted by Crippen LogP contribution is -2.14. The molecule has 0 aliphatic rings. The Morgan fingerprint density at radius 3 is 2.96 bits per heavy atom. The van der Waals surface area contributed by atoms with Crippen molar-refractivity contribution in [2.75, 3.05) is 17.7 Å². The molecule has 1 N–H and O–H groups in total. The number of carbonyl (C=O) groups excluding carboxylic acids is 1. The first-order chi connectivity index (χ1) is 11.7. The Bertz CT molecular complexity index is 700. The number of benzene rings is 1. The Morgan fingerprint density at radius 2 is 2.25 bits per heavy atom. The Kier molecular flexibility index (Phi) is 6.87. The van der Waals surface area contributed by atoms with Gasteiger partial charge in [-0.05, 0) is 19.1 Å². The van der Waals surface area contributed by atoms with Gasteiger partial charge in [-0.2, -0.15) is 0 Å². The van der Waals surface area contributed by atoms with Crippen LogP contribution in [0.2, 0.25) is 0 Å². The molecule has 1 amide bonds. The van der Waals surface area contributed by atoms with Crippen LogP contribution in [0.3, 0.4) is 0 Å². The summed E-state index contributed by atoms with van der Waals surface area (Å²) in [6.45, 7) is 8.92. The van der Waals surface area contributed by atoms with E-state index in [1.54, 1.807) is 6.08 Å². The number of nitrogens with zero attached hydrogens (tertiary/aromatic N) is 3. The second-order valence-corrected chi connectivity index (χ2v) is 5.89. The number of rotatable bonds is 9. The number of anilines is 1. The predicted molar refractivity (Wildman–Crippen MR) is 96.6 cm³/mol. The average Bonchev–Trinajstić information content (AvgIpc) is 2.96. The van der Waals surface area contributed by atoms with Crippen molar-refractivity contribution in [3.8, 4) is 5.75 Å². The normalized spacial score (nSPS) is 10.4. The van der Waals surface area contributed by atoms with Gasteiger partial charge in [-0.3, -0.25) is 4.79 Å². The third-order valence-electron chi connectivity index (χ3n) is 3.18. The van der Waals surface area contributed by atoms with E-state index in [-0.39, 0.29) is 11.7 Å². The van der Waals surface area contributed by atoms with Crippen LogP contribution in [0.25, 0.3) is 0 Å². The van der Waals surface area contributed by atoms with E-state index in [4.69, 9.17) is 4.74 Å². The first-order valence-corrected chi connectivity index (χ1v) is 8.85. The molecule has 6 nitrogen and oxygen atoms in total. The van der Waals surface area contributed by atoms with Crippen molar-refractivity contribution in [3.63, 3.8) is 0 Å². The highest BCUT2D eigenvalue weighted by Crippen LogP contribution is 2.20. The predicted octanol–water partition coefficient (Wildman–Crippen LogP) is 3.16. The van der Waals surface area contributed by atoms with Crippen LogP contribution in [-0.2, 0) is 17.8 Å². The van der Waals surface area contributed by atoms with Crippen LogP contribution in [0, 0.1) is 0 Å². The van der Waals surface area contributed by atoms with Crippen LogP contribution in [0.5, 0.6) is 5.75 Å². The van der Waals surface area contributed by atoms with Crippen molar-refractivity contribution in [3.05, 3.63) is 42.7 Å². The van der Waals surface area contributed by atoms with Gasteiger partial charge in [0.1, 0.15) is 11.6 Å². The molecule has 0 saturated heterocycles. The number of carbonyl (C=O) groups is 1. The van der Waals surface area contributed by atoms with Gasteiger partial charge in [0.25, 0.3) is 0 Å². The molecule has 2 rings (SSSR count). The summed E-state index contributed by atoms with van der Waals surface area (Å²) in [5.74, 6) is 1.79. The minimum absolute atomic E-state index is 0.0974. The standard InChI is InChI=1S/C17H22N4O2S/c1-4-10-21-15(5-2)19-20-17(21)24-12-16(22)18-13-8-7-9-14(11-13)23-6-3/h4,7-9,11H,1,5-6,10,12H2,2-3H3,(H,18,22). The van der Waals surface area contributed by atoms with E-state index < -0.39 is 0 Å². The zero-order valence-electron chi connectivity index (χ0n) is 14.0. The molecule has 0 spiro atoms. The number of ether oxygens (including phenoxy) is 1. The molecule has 0 saturated carbocycles. The smallest absolute Gasteiger partial charge is 0.234 e. The largest absolute Gasteiger partial charge is 0.494 e. The van der Waals surface area contributed by atoms with E-state index in [0.717, 1.165) is 23.2 Å². The second-order valence-electron chi connectivity index (χ2n) is 4.95. The van der Waals surface area contributed by atoms with E-state index >= 15 is 0 Å². The van der Waals surface area contributed by atoms with Gasteiger partial charge in [0.15, 0.2) is 5.16 Å². The first-order valence-electron chi connectivity index (χ1n) is 7.86. The zero-order chi connectivity index (χ0) is 17.4. The Labute approximate surface area is 146 Å². The summed E-state index contributed by atoms with van der Waals surface area (Å²) < 4.78 is 7.40.